The van der Waals surface area contributed by atoms with Gasteiger partial charge >= 0.3 is 5.97 Å². The van der Waals surface area contributed by atoms with Crippen molar-refractivity contribution < 1.29 is 27.5 Å². The molecule has 0 aliphatic heterocycles. The van der Waals surface area contributed by atoms with Crippen LogP contribution in [0.4, 0.5) is 5.69 Å². The molecular weight excluding hydrogens is 528 g/mol. The van der Waals surface area contributed by atoms with Crippen molar-refractivity contribution in [1.82, 2.24) is 15.3 Å². The Morgan fingerprint density at radius 3 is 2.47 bits per heavy atom. The molecular formula is C26H26N4O6S2. The summed E-state index contributed by atoms with van der Waals surface area (Å²) in [5.41, 5.74) is 1.66. The van der Waals surface area contributed by atoms with Gasteiger partial charge in [-0.3, -0.25) is 9.10 Å². The number of benzene rings is 2. The van der Waals surface area contributed by atoms with Crippen LogP contribution in [0.2, 0.25) is 0 Å². The summed E-state index contributed by atoms with van der Waals surface area (Å²) >= 11 is 1.49. The van der Waals surface area contributed by atoms with Gasteiger partial charge in [0, 0.05) is 11.8 Å². The molecule has 1 amide bonds. The van der Waals surface area contributed by atoms with Gasteiger partial charge in [-0.25, -0.2) is 18.2 Å². The molecule has 38 heavy (non-hydrogen) atoms. The second-order valence-corrected chi connectivity index (χ2v) is 11.1. The standard InChI is InChI=1S/C26H26N4O6S2/c1-37-14-13-22(26(32)33)29-25(31)24-12-11-23(36-24)18-7-9-20(10-8-18)30(16-19-15-27-17-28-19)38(34,35)21-5-3-2-4-6-21/h2-12,15,17,22H,13-14,16H2,1H3,(H,27,28)(H,29,31)(H,32,33)/t22-/m0/s1. The zero-order chi connectivity index (χ0) is 27.1. The van der Waals surface area contributed by atoms with E-state index in [-0.39, 0.29) is 23.6 Å². The number of anilines is 1. The van der Waals surface area contributed by atoms with Crippen LogP contribution in [0.1, 0.15) is 22.7 Å². The van der Waals surface area contributed by atoms with E-state index < -0.39 is 27.9 Å². The van der Waals surface area contributed by atoms with Gasteiger partial charge in [0.15, 0.2) is 5.76 Å². The lowest BCUT2D eigenvalue weighted by Gasteiger charge is -2.24. The van der Waals surface area contributed by atoms with Crippen LogP contribution < -0.4 is 9.62 Å². The number of carboxylic acids is 1. The number of aromatic amines is 1. The fraction of sp³-hybridized carbons (Fsp3) is 0.192. The molecule has 0 spiro atoms. The monoisotopic (exact) mass is 554 g/mol. The molecule has 0 unspecified atom stereocenters. The maximum Gasteiger partial charge on any atom is 0.326 e. The highest BCUT2D eigenvalue weighted by molar-refractivity contribution is 7.98. The molecule has 4 rings (SSSR count). The highest BCUT2D eigenvalue weighted by Crippen LogP contribution is 2.29. The summed E-state index contributed by atoms with van der Waals surface area (Å²) in [6, 6.07) is 16.9. The van der Waals surface area contributed by atoms with Crippen LogP contribution >= 0.6 is 11.8 Å². The van der Waals surface area contributed by atoms with E-state index in [1.807, 2.05) is 6.26 Å². The number of aliphatic carboxylic acids is 1. The summed E-state index contributed by atoms with van der Waals surface area (Å²) in [5.74, 6) is -0.790. The molecule has 0 radical (unpaired) electrons. The Morgan fingerprint density at radius 2 is 1.84 bits per heavy atom. The number of amides is 1. The first-order valence-corrected chi connectivity index (χ1v) is 14.4. The molecule has 4 aromatic rings. The van der Waals surface area contributed by atoms with Crippen LogP contribution in [0.3, 0.4) is 0 Å². The zero-order valence-corrected chi connectivity index (χ0v) is 22.0. The van der Waals surface area contributed by atoms with Crippen LogP contribution in [0.15, 0.2) is 88.6 Å². The first-order chi connectivity index (χ1) is 18.3. The Bertz CT molecular complexity index is 1470. The third-order valence-corrected chi connectivity index (χ3v) is 8.12. The Morgan fingerprint density at radius 1 is 1.11 bits per heavy atom. The molecule has 0 fully saturated rings. The second-order valence-electron chi connectivity index (χ2n) is 8.26. The highest BCUT2D eigenvalue weighted by Gasteiger charge is 2.26. The number of carbonyl (C=O) groups is 2. The minimum absolute atomic E-state index is 0.0213. The number of H-pyrrole nitrogens is 1. The molecule has 10 nitrogen and oxygen atoms in total. The van der Waals surface area contributed by atoms with E-state index in [4.69, 9.17) is 4.42 Å². The second kappa shape index (κ2) is 12.0. The first kappa shape index (κ1) is 27.0. The van der Waals surface area contributed by atoms with Crippen LogP contribution in [-0.4, -0.2) is 53.4 Å². The lowest BCUT2D eigenvalue weighted by atomic mass is 10.1. The summed E-state index contributed by atoms with van der Waals surface area (Å²) in [7, 11) is -3.88. The number of aromatic nitrogens is 2. The summed E-state index contributed by atoms with van der Waals surface area (Å²) in [5, 5.41) is 11.8. The Hall–Kier alpha value is -4.03. The van der Waals surface area contributed by atoms with Gasteiger partial charge in [-0.15, -0.1) is 0 Å². The van der Waals surface area contributed by atoms with Crippen molar-refractivity contribution in [2.75, 3.05) is 16.3 Å². The van der Waals surface area contributed by atoms with E-state index in [2.05, 4.69) is 15.3 Å². The predicted octanol–water partition coefficient (Wildman–Crippen LogP) is 4.00. The van der Waals surface area contributed by atoms with Crippen LogP contribution in [0.25, 0.3) is 11.3 Å². The highest BCUT2D eigenvalue weighted by atomic mass is 32.2. The number of hydrogen-bond acceptors (Lipinski definition) is 7. The maximum atomic E-state index is 13.5. The quantitative estimate of drug-likeness (QED) is 0.238. The van der Waals surface area contributed by atoms with Gasteiger partial charge in [0.25, 0.3) is 15.9 Å². The van der Waals surface area contributed by atoms with Crippen molar-refractivity contribution >= 4 is 39.3 Å². The molecule has 12 heteroatoms. The van der Waals surface area contributed by atoms with Gasteiger partial charge in [0.2, 0.25) is 0 Å². The number of nitrogens with one attached hydrogen (secondary N) is 2. The van der Waals surface area contributed by atoms with Gasteiger partial charge in [0.05, 0.1) is 29.1 Å². The maximum absolute atomic E-state index is 13.5. The Balaban J connectivity index is 1.56. The topological polar surface area (TPSA) is 146 Å². The lowest BCUT2D eigenvalue weighted by molar-refractivity contribution is -0.139. The molecule has 3 N–H and O–H groups in total. The summed E-state index contributed by atoms with van der Waals surface area (Å²) in [6.45, 7) is 0.0446. The van der Waals surface area contributed by atoms with Crippen molar-refractivity contribution in [2.24, 2.45) is 0 Å². The molecule has 1 atom stereocenters. The van der Waals surface area contributed by atoms with Gasteiger partial charge in [-0.05, 0) is 67.0 Å². The van der Waals surface area contributed by atoms with E-state index in [0.29, 0.717) is 28.5 Å². The number of rotatable bonds is 12. The largest absolute Gasteiger partial charge is 0.480 e. The Labute approximate surface area is 224 Å². The molecule has 0 saturated carbocycles. The normalized spacial score (nSPS) is 12.1. The molecule has 0 aliphatic carbocycles. The van der Waals surface area contributed by atoms with Gasteiger partial charge in [0.1, 0.15) is 11.8 Å². The van der Waals surface area contributed by atoms with E-state index >= 15 is 0 Å². The minimum Gasteiger partial charge on any atom is -0.480 e. The van der Waals surface area contributed by atoms with Crippen molar-refractivity contribution in [3.05, 3.63) is 90.7 Å². The van der Waals surface area contributed by atoms with Crippen molar-refractivity contribution in [3.63, 3.8) is 0 Å². The number of sulfonamides is 1. The third-order valence-electron chi connectivity index (χ3n) is 5.68. The smallest absolute Gasteiger partial charge is 0.326 e. The van der Waals surface area contributed by atoms with Gasteiger partial charge in [-0.2, -0.15) is 11.8 Å². The average molecular weight is 555 g/mol. The minimum atomic E-state index is -3.88. The van der Waals surface area contributed by atoms with Gasteiger partial charge < -0.3 is 19.8 Å². The van der Waals surface area contributed by atoms with E-state index in [0.717, 1.165) is 0 Å². The van der Waals surface area contributed by atoms with E-state index in [1.54, 1.807) is 54.7 Å². The number of furan rings is 1. The number of nitrogens with zero attached hydrogens (tertiary/aromatic N) is 2. The van der Waals surface area contributed by atoms with E-state index in [9.17, 15) is 23.1 Å². The molecule has 2 aromatic heterocycles. The number of carboxylic acid groups (broad SMARTS) is 1. The zero-order valence-electron chi connectivity index (χ0n) is 20.4. The average Bonchev–Trinajstić information content (AvgIpc) is 3.63. The number of carbonyl (C=O) groups excluding carboxylic acids is 1. The molecule has 2 aromatic carbocycles. The van der Waals surface area contributed by atoms with E-state index in [1.165, 1.54) is 40.6 Å². The lowest BCUT2D eigenvalue weighted by Crippen LogP contribution is -2.41. The fourth-order valence-corrected chi connectivity index (χ4v) is 5.63. The number of hydrogen-bond donors (Lipinski definition) is 3. The molecule has 0 aliphatic rings. The number of thioether (sulfide) groups is 1. The number of imidazole rings is 1. The molecule has 2 heterocycles. The third kappa shape index (κ3) is 6.26. The summed E-state index contributed by atoms with van der Waals surface area (Å²) in [4.78, 5) is 31.1. The summed E-state index contributed by atoms with van der Waals surface area (Å²) < 4.78 is 33.9. The predicted molar refractivity (Wildman–Crippen MR) is 144 cm³/mol. The first-order valence-electron chi connectivity index (χ1n) is 11.6. The SMILES string of the molecule is CSCC[C@H](NC(=O)c1ccc(-c2ccc(N(Cc3cnc[nH]3)S(=O)(=O)c3ccccc3)cc2)o1)C(=O)O. The fourth-order valence-electron chi connectivity index (χ4n) is 3.69. The molecule has 198 valence electrons. The van der Waals surface area contributed by atoms with Crippen LogP contribution in [-0.2, 0) is 21.4 Å². The summed E-state index contributed by atoms with van der Waals surface area (Å²) in [6.07, 6.45) is 5.20. The Kier molecular flexibility index (Phi) is 8.54. The van der Waals surface area contributed by atoms with Crippen molar-refractivity contribution in [3.8, 4) is 11.3 Å². The molecule has 0 saturated heterocycles. The van der Waals surface area contributed by atoms with Crippen molar-refractivity contribution in [1.29, 1.82) is 0 Å². The molecule has 0 bridgehead atoms. The van der Waals surface area contributed by atoms with Crippen LogP contribution in [0.5, 0.6) is 0 Å². The van der Waals surface area contributed by atoms with Gasteiger partial charge in [-0.1, -0.05) is 18.2 Å². The van der Waals surface area contributed by atoms with Crippen LogP contribution in [0, 0.1) is 0 Å². The van der Waals surface area contributed by atoms with Crippen molar-refractivity contribution in [2.45, 2.75) is 23.9 Å².